The zero-order valence-corrected chi connectivity index (χ0v) is 20.4. The van der Waals surface area contributed by atoms with Crippen LogP contribution in [0, 0.1) is 5.82 Å². The van der Waals surface area contributed by atoms with Crippen molar-refractivity contribution in [1.82, 2.24) is 19.5 Å². The molecule has 0 saturated heterocycles. The summed E-state index contributed by atoms with van der Waals surface area (Å²) in [7, 11) is 0. The molecule has 10 heteroatoms. The number of carbonyl (C=O) groups is 1. The maximum absolute atomic E-state index is 13.3. The molecule has 2 N–H and O–H groups in total. The Kier molecular flexibility index (Phi) is 5.98. The Balaban J connectivity index is 1.19. The molecule has 0 radical (unpaired) electrons. The average molecular weight is 524 g/mol. The second-order valence-electron chi connectivity index (χ2n) is 8.26. The number of ether oxygens (including phenoxy) is 1. The number of H-pyrrole nitrogens is 1. The Labute approximate surface area is 219 Å². The summed E-state index contributed by atoms with van der Waals surface area (Å²) in [5, 5.41) is 6.71. The summed E-state index contributed by atoms with van der Waals surface area (Å²) in [6.45, 7) is 0. The highest BCUT2D eigenvalue weighted by Crippen LogP contribution is 2.30. The van der Waals surface area contributed by atoms with Gasteiger partial charge in [-0.2, -0.15) is 11.3 Å². The number of halogens is 1. The lowest BCUT2D eigenvalue weighted by molar-refractivity contribution is 0.102. The molecule has 0 atom stereocenters. The second-order valence-corrected chi connectivity index (χ2v) is 9.04. The van der Waals surface area contributed by atoms with Crippen LogP contribution in [-0.2, 0) is 0 Å². The molecule has 0 fully saturated rings. The molecule has 0 bridgehead atoms. The summed E-state index contributed by atoms with van der Waals surface area (Å²) in [4.78, 5) is 37.9. The number of benzene rings is 2. The lowest BCUT2D eigenvalue weighted by Crippen LogP contribution is -2.27. The molecule has 8 nitrogen and oxygen atoms in total. The van der Waals surface area contributed by atoms with Gasteiger partial charge in [0, 0.05) is 40.8 Å². The quantitative estimate of drug-likeness (QED) is 0.278. The van der Waals surface area contributed by atoms with Crippen LogP contribution < -0.4 is 15.6 Å². The van der Waals surface area contributed by atoms with Gasteiger partial charge in [0.1, 0.15) is 28.5 Å². The van der Waals surface area contributed by atoms with Crippen molar-refractivity contribution in [3.05, 3.63) is 118 Å². The van der Waals surface area contributed by atoms with Crippen molar-refractivity contribution >= 4 is 34.1 Å². The number of aromatic amines is 1. The van der Waals surface area contributed by atoms with Crippen LogP contribution in [0.3, 0.4) is 0 Å². The predicted octanol–water partition coefficient (Wildman–Crippen LogP) is 6.02. The molecule has 0 spiro atoms. The van der Waals surface area contributed by atoms with Gasteiger partial charge in [-0.15, -0.1) is 0 Å². The summed E-state index contributed by atoms with van der Waals surface area (Å²) in [5.41, 5.74) is 2.57. The van der Waals surface area contributed by atoms with Crippen molar-refractivity contribution in [1.29, 1.82) is 0 Å². The van der Waals surface area contributed by atoms with Crippen molar-refractivity contribution in [3.63, 3.8) is 0 Å². The van der Waals surface area contributed by atoms with Crippen molar-refractivity contribution < 1.29 is 13.9 Å². The summed E-state index contributed by atoms with van der Waals surface area (Å²) < 4.78 is 20.6. The van der Waals surface area contributed by atoms with E-state index in [1.165, 1.54) is 41.1 Å². The van der Waals surface area contributed by atoms with E-state index in [0.717, 1.165) is 5.56 Å². The van der Waals surface area contributed by atoms with E-state index in [1.807, 2.05) is 16.8 Å². The van der Waals surface area contributed by atoms with Gasteiger partial charge in [-0.25, -0.2) is 14.4 Å². The van der Waals surface area contributed by atoms with E-state index >= 15 is 0 Å². The number of anilines is 1. The van der Waals surface area contributed by atoms with Crippen LogP contribution in [0.5, 0.6) is 11.5 Å². The van der Waals surface area contributed by atoms with E-state index in [2.05, 4.69) is 20.3 Å². The highest BCUT2D eigenvalue weighted by atomic mass is 32.1. The van der Waals surface area contributed by atoms with Gasteiger partial charge in [0.2, 0.25) is 0 Å². The Morgan fingerprint density at radius 3 is 2.61 bits per heavy atom. The van der Waals surface area contributed by atoms with Crippen molar-refractivity contribution in [3.8, 4) is 28.6 Å². The number of rotatable bonds is 6. The van der Waals surface area contributed by atoms with Crippen LogP contribution in [0.1, 0.15) is 10.4 Å². The first-order valence-electron chi connectivity index (χ1n) is 11.5. The van der Waals surface area contributed by atoms with E-state index in [9.17, 15) is 14.0 Å². The van der Waals surface area contributed by atoms with Gasteiger partial charge in [-0.05, 0) is 72.1 Å². The fourth-order valence-corrected chi connectivity index (χ4v) is 4.55. The normalized spacial score (nSPS) is 11.0. The van der Waals surface area contributed by atoms with Crippen LogP contribution in [0.2, 0.25) is 0 Å². The van der Waals surface area contributed by atoms with E-state index in [0.29, 0.717) is 39.9 Å². The number of nitrogens with one attached hydrogen (secondary N) is 2. The fourth-order valence-electron chi connectivity index (χ4n) is 3.91. The van der Waals surface area contributed by atoms with E-state index in [1.54, 1.807) is 53.9 Å². The molecule has 0 aliphatic rings. The number of amides is 1. The Hall–Kier alpha value is -5.09. The zero-order valence-electron chi connectivity index (χ0n) is 19.6. The third-order valence-electron chi connectivity index (χ3n) is 5.79. The standard InChI is InChI=1S/C28H18FN5O3S/c29-18-3-7-20(8-4-18)34-14-1-2-22(28(34)36)27(35)31-19-5-9-21(10-6-19)37-23-11-13-30-26-24(23)32-25(33-26)17-12-15-38-16-17/h1-16H,(H,31,35)(H,30,32,33). The Bertz CT molecular complexity index is 1810. The van der Waals surface area contributed by atoms with Crippen LogP contribution in [0.4, 0.5) is 10.1 Å². The van der Waals surface area contributed by atoms with E-state index in [4.69, 9.17) is 4.74 Å². The van der Waals surface area contributed by atoms with Gasteiger partial charge in [-0.3, -0.25) is 14.2 Å². The Morgan fingerprint density at radius 2 is 1.84 bits per heavy atom. The first-order chi connectivity index (χ1) is 18.5. The van der Waals surface area contributed by atoms with Gasteiger partial charge >= 0.3 is 0 Å². The van der Waals surface area contributed by atoms with Gasteiger partial charge in [-0.1, -0.05) is 0 Å². The summed E-state index contributed by atoms with van der Waals surface area (Å²) in [6, 6.07) is 19.0. The van der Waals surface area contributed by atoms with Crippen molar-refractivity contribution in [2.75, 3.05) is 5.32 Å². The highest BCUT2D eigenvalue weighted by molar-refractivity contribution is 7.08. The molecule has 1 amide bonds. The molecule has 4 heterocycles. The molecule has 6 aromatic rings. The topological polar surface area (TPSA) is 102 Å². The van der Waals surface area contributed by atoms with E-state index in [-0.39, 0.29) is 5.56 Å². The minimum atomic E-state index is -0.561. The lowest BCUT2D eigenvalue weighted by Gasteiger charge is -2.10. The molecule has 186 valence electrons. The van der Waals surface area contributed by atoms with Gasteiger partial charge in [0.05, 0.1) is 0 Å². The third kappa shape index (κ3) is 4.56. The van der Waals surface area contributed by atoms with Gasteiger partial charge in [0.25, 0.3) is 11.5 Å². The maximum atomic E-state index is 13.3. The van der Waals surface area contributed by atoms with Gasteiger partial charge in [0.15, 0.2) is 11.4 Å². The average Bonchev–Trinajstić information content (AvgIpc) is 3.61. The monoisotopic (exact) mass is 523 g/mol. The molecule has 2 aromatic carbocycles. The molecule has 38 heavy (non-hydrogen) atoms. The van der Waals surface area contributed by atoms with E-state index < -0.39 is 17.3 Å². The molecule has 0 aliphatic heterocycles. The first-order valence-corrected chi connectivity index (χ1v) is 12.4. The number of hydrogen-bond donors (Lipinski definition) is 2. The van der Waals surface area contributed by atoms with Crippen LogP contribution >= 0.6 is 11.3 Å². The Morgan fingerprint density at radius 1 is 1.03 bits per heavy atom. The smallest absolute Gasteiger partial charge is 0.267 e. The second kappa shape index (κ2) is 9.75. The first kappa shape index (κ1) is 23.3. The molecular weight excluding hydrogens is 505 g/mol. The molecule has 0 aliphatic carbocycles. The number of nitrogens with zero attached hydrogens (tertiary/aromatic N) is 3. The molecular formula is C28H18FN5O3S. The molecule has 4 aromatic heterocycles. The number of fused-ring (bicyclic) bond motifs is 1. The summed E-state index contributed by atoms with van der Waals surface area (Å²) in [5.74, 6) is 0.840. The number of imidazole rings is 1. The largest absolute Gasteiger partial charge is 0.455 e. The minimum absolute atomic E-state index is 0.0444. The third-order valence-corrected chi connectivity index (χ3v) is 6.47. The summed E-state index contributed by atoms with van der Waals surface area (Å²) in [6.07, 6.45) is 3.15. The summed E-state index contributed by atoms with van der Waals surface area (Å²) >= 11 is 1.58. The van der Waals surface area contributed by atoms with Crippen molar-refractivity contribution in [2.45, 2.75) is 0 Å². The fraction of sp³-hybridized carbons (Fsp3) is 0. The number of aromatic nitrogens is 4. The SMILES string of the molecule is O=C(Nc1ccc(Oc2ccnc3nc(-c4ccsc4)[nH]c23)cc1)c1cccn(-c2ccc(F)cc2)c1=O. The number of carbonyl (C=O) groups excluding carboxylic acids is 1. The molecule has 6 rings (SSSR count). The van der Waals surface area contributed by atoms with Crippen molar-refractivity contribution in [2.24, 2.45) is 0 Å². The number of pyridine rings is 2. The highest BCUT2D eigenvalue weighted by Gasteiger charge is 2.15. The number of thiophene rings is 1. The van der Waals surface area contributed by atoms with Crippen LogP contribution in [0.25, 0.3) is 28.2 Å². The number of hydrogen-bond acceptors (Lipinski definition) is 6. The minimum Gasteiger partial charge on any atom is -0.455 e. The zero-order chi connectivity index (χ0) is 26.1. The van der Waals surface area contributed by atoms with Crippen LogP contribution in [-0.4, -0.2) is 25.4 Å². The lowest BCUT2D eigenvalue weighted by atomic mass is 10.2. The predicted molar refractivity (Wildman–Crippen MR) is 144 cm³/mol. The maximum Gasteiger partial charge on any atom is 0.267 e. The molecule has 0 unspecified atom stereocenters. The van der Waals surface area contributed by atoms with Crippen LogP contribution in [0.15, 0.2) is 101 Å². The van der Waals surface area contributed by atoms with Gasteiger partial charge < -0.3 is 15.0 Å². The molecule has 0 saturated carbocycles.